The highest BCUT2D eigenvalue weighted by Crippen LogP contribution is 2.32. The number of hydrogen-bond acceptors (Lipinski definition) is 4. The number of rotatable bonds is 4. The predicted octanol–water partition coefficient (Wildman–Crippen LogP) is 1.10. The van der Waals surface area contributed by atoms with E-state index in [4.69, 9.17) is 0 Å². The van der Waals surface area contributed by atoms with Crippen LogP contribution in [0.25, 0.3) is 11.0 Å². The van der Waals surface area contributed by atoms with Crippen LogP contribution in [-0.2, 0) is 11.2 Å². The molecule has 0 aliphatic heterocycles. The fourth-order valence-corrected chi connectivity index (χ4v) is 3.30. The maximum Gasteiger partial charge on any atom is 0.224 e. The number of H-pyrrole nitrogens is 1. The van der Waals surface area contributed by atoms with Crippen molar-refractivity contribution in [2.45, 2.75) is 38.0 Å². The van der Waals surface area contributed by atoms with Gasteiger partial charge in [0.1, 0.15) is 5.65 Å². The Bertz CT molecular complexity index is 884. The number of pyridine rings is 1. The molecule has 1 fully saturated rings. The van der Waals surface area contributed by atoms with Crippen LogP contribution in [0, 0.1) is 6.92 Å². The van der Waals surface area contributed by atoms with Crippen molar-refractivity contribution in [2.24, 2.45) is 0 Å². The molecule has 3 aromatic rings. The van der Waals surface area contributed by atoms with Gasteiger partial charge in [-0.15, -0.1) is 0 Å². The van der Waals surface area contributed by atoms with Gasteiger partial charge in [-0.25, -0.2) is 4.98 Å². The first-order chi connectivity index (χ1) is 11.6. The van der Waals surface area contributed by atoms with Crippen molar-refractivity contribution < 1.29 is 9.90 Å². The summed E-state index contributed by atoms with van der Waals surface area (Å²) in [7, 11) is 0. The van der Waals surface area contributed by atoms with E-state index in [1.165, 1.54) is 0 Å². The molecule has 1 saturated carbocycles. The van der Waals surface area contributed by atoms with Crippen molar-refractivity contribution in [1.82, 2.24) is 25.1 Å². The largest absolute Gasteiger partial charge is 0.391 e. The molecule has 7 nitrogen and oxygen atoms in total. The molecule has 1 aliphatic rings. The second-order valence-electron chi connectivity index (χ2n) is 6.36. The van der Waals surface area contributed by atoms with Crippen molar-refractivity contribution in [2.75, 3.05) is 0 Å². The van der Waals surface area contributed by atoms with E-state index in [2.05, 4.69) is 20.4 Å². The Labute approximate surface area is 138 Å². The highest BCUT2D eigenvalue weighted by atomic mass is 16.3. The molecular formula is C17H19N5O2. The lowest BCUT2D eigenvalue weighted by Gasteiger charge is -2.41. The van der Waals surface area contributed by atoms with E-state index in [0.29, 0.717) is 6.42 Å². The minimum atomic E-state index is -0.480. The van der Waals surface area contributed by atoms with Crippen molar-refractivity contribution in [3.05, 3.63) is 48.0 Å². The summed E-state index contributed by atoms with van der Waals surface area (Å²) in [6.45, 7) is 1.95. The summed E-state index contributed by atoms with van der Waals surface area (Å²) in [5, 5.41) is 18.3. The number of fused-ring (bicyclic) bond motifs is 1. The minimum Gasteiger partial charge on any atom is -0.391 e. The number of aromatic nitrogens is 4. The summed E-state index contributed by atoms with van der Waals surface area (Å²) < 4.78 is 1.74. The highest BCUT2D eigenvalue weighted by molar-refractivity contribution is 5.87. The van der Waals surface area contributed by atoms with Gasteiger partial charge in [0.05, 0.1) is 30.8 Å². The lowest BCUT2D eigenvalue weighted by atomic mass is 9.83. The maximum absolute atomic E-state index is 12.4. The van der Waals surface area contributed by atoms with Gasteiger partial charge in [0.25, 0.3) is 0 Å². The van der Waals surface area contributed by atoms with Crippen LogP contribution in [0.2, 0.25) is 0 Å². The third kappa shape index (κ3) is 2.56. The summed E-state index contributed by atoms with van der Waals surface area (Å²) in [5.74, 6) is -0.0643. The first kappa shape index (κ1) is 14.9. The van der Waals surface area contributed by atoms with E-state index < -0.39 is 6.10 Å². The van der Waals surface area contributed by atoms with Crippen LogP contribution in [0.15, 0.2) is 36.9 Å². The third-order valence-corrected chi connectivity index (χ3v) is 4.57. The van der Waals surface area contributed by atoms with Crippen LogP contribution >= 0.6 is 0 Å². The van der Waals surface area contributed by atoms with E-state index in [-0.39, 0.29) is 24.4 Å². The van der Waals surface area contributed by atoms with Gasteiger partial charge in [-0.05, 0) is 36.6 Å². The second-order valence-corrected chi connectivity index (χ2v) is 6.36. The quantitative estimate of drug-likeness (QED) is 0.669. The summed E-state index contributed by atoms with van der Waals surface area (Å²) >= 11 is 0. The van der Waals surface area contributed by atoms with Crippen molar-refractivity contribution in [3.8, 4) is 0 Å². The van der Waals surface area contributed by atoms with Crippen LogP contribution in [-0.4, -0.2) is 42.9 Å². The Kier molecular flexibility index (Phi) is 3.57. The van der Waals surface area contributed by atoms with Gasteiger partial charge in [-0.1, -0.05) is 0 Å². The van der Waals surface area contributed by atoms with Crippen molar-refractivity contribution >= 4 is 16.9 Å². The van der Waals surface area contributed by atoms with Gasteiger partial charge >= 0.3 is 0 Å². The molecule has 3 aromatic heterocycles. The highest BCUT2D eigenvalue weighted by Gasteiger charge is 2.42. The minimum absolute atomic E-state index is 0.0643. The monoisotopic (exact) mass is 325 g/mol. The zero-order valence-electron chi connectivity index (χ0n) is 13.3. The van der Waals surface area contributed by atoms with Crippen LogP contribution < -0.4 is 5.32 Å². The van der Waals surface area contributed by atoms with E-state index in [0.717, 1.165) is 22.2 Å². The molecule has 1 aliphatic carbocycles. The molecule has 7 heteroatoms. The predicted molar refractivity (Wildman–Crippen MR) is 88.4 cm³/mol. The molecule has 0 spiro atoms. The number of aliphatic hydroxyl groups is 1. The summed E-state index contributed by atoms with van der Waals surface area (Å²) in [5.41, 5.74) is 2.73. The summed E-state index contributed by atoms with van der Waals surface area (Å²) in [6.07, 6.45) is 7.52. The molecule has 4 rings (SSSR count). The molecule has 3 heterocycles. The number of carbonyl (C=O) groups excluding carboxylic acids is 1. The van der Waals surface area contributed by atoms with Crippen LogP contribution in [0.5, 0.6) is 0 Å². The molecule has 0 aromatic carbocycles. The van der Waals surface area contributed by atoms with E-state index >= 15 is 0 Å². The van der Waals surface area contributed by atoms with Gasteiger partial charge in [-0.2, -0.15) is 5.10 Å². The molecule has 1 amide bonds. The van der Waals surface area contributed by atoms with E-state index in [1.54, 1.807) is 17.1 Å². The fourth-order valence-electron chi connectivity index (χ4n) is 3.30. The van der Waals surface area contributed by atoms with Gasteiger partial charge in [0.2, 0.25) is 5.91 Å². The average Bonchev–Trinajstić information content (AvgIpc) is 3.14. The molecule has 3 N–H and O–H groups in total. The third-order valence-electron chi connectivity index (χ3n) is 4.57. The number of aryl methyl sites for hydroxylation is 1. The van der Waals surface area contributed by atoms with Crippen molar-refractivity contribution in [1.29, 1.82) is 0 Å². The first-order valence-electron chi connectivity index (χ1n) is 8.01. The number of nitrogens with zero attached hydrogens (tertiary/aromatic N) is 3. The Balaban J connectivity index is 1.44. The number of amides is 1. The fraction of sp³-hybridized carbons (Fsp3) is 0.353. The maximum atomic E-state index is 12.4. The van der Waals surface area contributed by atoms with Gasteiger partial charge < -0.3 is 15.4 Å². The van der Waals surface area contributed by atoms with Crippen LogP contribution in [0.4, 0.5) is 0 Å². The van der Waals surface area contributed by atoms with Crippen LogP contribution in [0.1, 0.15) is 23.6 Å². The van der Waals surface area contributed by atoms with Gasteiger partial charge in [-0.3, -0.25) is 9.48 Å². The second kappa shape index (κ2) is 5.76. The number of hydrogen-bond donors (Lipinski definition) is 3. The summed E-state index contributed by atoms with van der Waals surface area (Å²) in [6, 6.07) is 3.50. The standard InChI is InChI=1S/C17H19N5O2/c1-10-7-20-22(9-10)16-13(6-14(16)23)21-15(24)5-11-8-19-17-12(11)3-2-4-18-17/h2-4,7-9,13-14,16,23H,5-6H2,1H3,(H,18,19)(H,21,24)/t13-,14+,16+/m0/s1. The van der Waals surface area contributed by atoms with Crippen molar-refractivity contribution in [3.63, 3.8) is 0 Å². The van der Waals surface area contributed by atoms with Gasteiger partial charge in [0.15, 0.2) is 0 Å². The molecule has 124 valence electrons. The first-order valence-corrected chi connectivity index (χ1v) is 8.01. The van der Waals surface area contributed by atoms with E-state index in [9.17, 15) is 9.90 Å². The Morgan fingerprint density at radius 1 is 1.54 bits per heavy atom. The summed E-state index contributed by atoms with van der Waals surface area (Å²) in [4.78, 5) is 19.7. The lowest BCUT2D eigenvalue weighted by Crippen LogP contribution is -2.56. The topological polar surface area (TPSA) is 95.8 Å². The lowest BCUT2D eigenvalue weighted by molar-refractivity contribution is -0.124. The number of carbonyl (C=O) groups is 1. The number of nitrogens with one attached hydrogen (secondary N) is 2. The zero-order valence-corrected chi connectivity index (χ0v) is 13.3. The Morgan fingerprint density at radius 2 is 2.42 bits per heavy atom. The normalized spacial score (nSPS) is 23.2. The number of aliphatic hydroxyl groups excluding tert-OH is 1. The van der Waals surface area contributed by atoms with E-state index in [1.807, 2.05) is 31.5 Å². The Hall–Kier alpha value is -2.67. The molecule has 0 radical (unpaired) electrons. The number of aromatic amines is 1. The molecule has 0 unspecified atom stereocenters. The smallest absolute Gasteiger partial charge is 0.224 e. The molecule has 24 heavy (non-hydrogen) atoms. The average molecular weight is 325 g/mol. The molecular weight excluding hydrogens is 306 g/mol. The molecule has 0 bridgehead atoms. The van der Waals surface area contributed by atoms with Gasteiger partial charge in [0, 0.05) is 24.0 Å². The molecule has 0 saturated heterocycles. The zero-order chi connectivity index (χ0) is 16.7. The SMILES string of the molecule is Cc1cnn([C@H]2[C@H](O)C[C@@H]2NC(=O)Cc2c[nH]c3ncccc23)c1. The Morgan fingerprint density at radius 3 is 3.17 bits per heavy atom. The van der Waals surface area contributed by atoms with Crippen LogP contribution in [0.3, 0.4) is 0 Å². The molecule has 3 atom stereocenters.